The van der Waals surface area contributed by atoms with Crippen molar-refractivity contribution in [1.82, 2.24) is 0 Å². The average molecular weight is 315 g/mol. The summed E-state index contributed by atoms with van der Waals surface area (Å²) in [7, 11) is 0. The first kappa shape index (κ1) is 15.9. The van der Waals surface area contributed by atoms with Crippen molar-refractivity contribution in [3.05, 3.63) is 12.2 Å². The van der Waals surface area contributed by atoms with Crippen molar-refractivity contribution in [3.8, 4) is 0 Å². The molecule has 0 bridgehead atoms. The van der Waals surface area contributed by atoms with E-state index in [1.54, 1.807) is 0 Å². The third-order valence-electron chi connectivity index (χ3n) is 9.08. The molecule has 0 radical (unpaired) electrons. The molecule has 23 heavy (non-hydrogen) atoms. The molecule has 7 atom stereocenters. The van der Waals surface area contributed by atoms with Crippen molar-refractivity contribution < 1.29 is 4.79 Å². The lowest BCUT2D eigenvalue weighted by Crippen LogP contribution is -2.53. The monoisotopic (exact) mass is 314 g/mol. The Morgan fingerprint density at radius 2 is 1.74 bits per heavy atom. The molecule has 0 spiro atoms. The second-order valence-electron chi connectivity index (χ2n) is 9.92. The molecule has 0 heterocycles. The minimum absolute atomic E-state index is 0.458. The van der Waals surface area contributed by atoms with Gasteiger partial charge in [0, 0.05) is 12.8 Å². The third kappa shape index (κ3) is 2.14. The molecule has 1 nitrogen and oxygen atoms in total. The Balaban J connectivity index is 1.63. The minimum Gasteiger partial charge on any atom is -0.300 e. The number of rotatable bonds is 1. The maximum Gasteiger partial charge on any atom is 0.133 e. The van der Waals surface area contributed by atoms with Gasteiger partial charge >= 0.3 is 0 Å². The summed E-state index contributed by atoms with van der Waals surface area (Å²) in [5.41, 5.74) is 2.40. The molecular formula is C22H34O. The van der Waals surface area contributed by atoms with Gasteiger partial charge in [-0.25, -0.2) is 0 Å². The Morgan fingerprint density at radius 1 is 1.00 bits per heavy atom. The van der Waals surface area contributed by atoms with Gasteiger partial charge in [-0.1, -0.05) is 26.0 Å². The van der Waals surface area contributed by atoms with Gasteiger partial charge in [0.15, 0.2) is 0 Å². The highest BCUT2D eigenvalue weighted by Crippen LogP contribution is 2.67. The van der Waals surface area contributed by atoms with Gasteiger partial charge in [0.1, 0.15) is 5.78 Å². The maximum absolute atomic E-state index is 12.0. The van der Waals surface area contributed by atoms with Gasteiger partial charge in [-0.3, -0.25) is 4.79 Å². The van der Waals surface area contributed by atoms with Crippen LogP contribution in [0.3, 0.4) is 0 Å². The second kappa shape index (κ2) is 5.20. The molecule has 4 unspecified atom stereocenters. The first-order valence-electron chi connectivity index (χ1n) is 10.0. The van der Waals surface area contributed by atoms with E-state index in [4.69, 9.17) is 0 Å². The SMILES string of the molecule is C=C(C)[C@H]1CCC2C3CCC4CC(=O)CC[C@]4(C)C3CC[C@@]21C. The van der Waals surface area contributed by atoms with Gasteiger partial charge in [-0.2, -0.15) is 0 Å². The van der Waals surface area contributed by atoms with Crippen molar-refractivity contribution in [1.29, 1.82) is 0 Å². The Labute approximate surface area is 142 Å². The van der Waals surface area contributed by atoms with Crippen molar-refractivity contribution >= 4 is 5.78 Å². The smallest absolute Gasteiger partial charge is 0.133 e. The van der Waals surface area contributed by atoms with E-state index in [-0.39, 0.29) is 0 Å². The predicted octanol–water partition coefficient (Wildman–Crippen LogP) is 5.79. The number of hydrogen-bond acceptors (Lipinski definition) is 1. The van der Waals surface area contributed by atoms with Crippen molar-refractivity contribution in [3.63, 3.8) is 0 Å². The lowest BCUT2D eigenvalue weighted by Gasteiger charge is -2.60. The zero-order valence-corrected chi connectivity index (χ0v) is 15.4. The standard InChI is InChI=1S/C22H34O/c1-14(2)18-7-8-19-17-6-5-15-13-16(23)9-11-21(15,3)20(17)10-12-22(18,19)4/h15,17-20H,1,5-13H2,2-4H3/t15?,17?,18-,19?,20?,21+,22-/m1/s1. The molecule has 0 aliphatic heterocycles. The molecule has 0 aromatic carbocycles. The molecule has 0 N–H and O–H groups in total. The lowest BCUT2D eigenvalue weighted by atomic mass is 9.44. The van der Waals surface area contributed by atoms with E-state index in [0.29, 0.717) is 22.5 Å². The fourth-order valence-corrected chi connectivity index (χ4v) is 7.85. The number of fused-ring (bicyclic) bond motifs is 5. The van der Waals surface area contributed by atoms with E-state index >= 15 is 0 Å². The van der Waals surface area contributed by atoms with Gasteiger partial charge in [0.25, 0.3) is 0 Å². The summed E-state index contributed by atoms with van der Waals surface area (Å²) in [5.74, 6) is 4.71. The van der Waals surface area contributed by atoms with Crippen LogP contribution in [0.4, 0.5) is 0 Å². The van der Waals surface area contributed by atoms with Crippen LogP contribution in [-0.4, -0.2) is 5.78 Å². The van der Waals surface area contributed by atoms with Gasteiger partial charge < -0.3 is 0 Å². The fraction of sp³-hybridized carbons (Fsp3) is 0.864. The molecule has 128 valence electrons. The van der Waals surface area contributed by atoms with Crippen LogP contribution in [0, 0.1) is 40.4 Å². The molecule has 4 fully saturated rings. The summed E-state index contributed by atoms with van der Waals surface area (Å²) in [6.07, 6.45) is 11.2. The summed E-state index contributed by atoms with van der Waals surface area (Å²) in [4.78, 5) is 12.0. The number of allylic oxidation sites excluding steroid dienone is 1. The van der Waals surface area contributed by atoms with E-state index in [2.05, 4.69) is 27.4 Å². The Kier molecular flexibility index (Phi) is 3.60. The Morgan fingerprint density at radius 3 is 2.48 bits per heavy atom. The van der Waals surface area contributed by atoms with Gasteiger partial charge in [-0.05, 0) is 92.3 Å². The predicted molar refractivity (Wildman–Crippen MR) is 95.0 cm³/mol. The highest BCUT2D eigenvalue weighted by atomic mass is 16.1. The van der Waals surface area contributed by atoms with Crippen LogP contribution in [0.15, 0.2) is 12.2 Å². The topological polar surface area (TPSA) is 17.1 Å². The first-order chi connectivity index (χ1) is 10.9. The largest absolute Gasteiger partial charge is 0.300 e. The van der Waals surface area contributed by atoms with Crippen LogP contribution in [0.25, 0.3) is 0 Å². The van der Waals surface area contributed by atoms with Gasteiger partial charge in [-0.15, -0.1) is 0 Å². The van der Waals surface area contributed by atoms with Crippen LogP contribution in [0.2, 0.25) is 0 Å². The molecule has 4 saturated carbocycles. The summed E-state index contributed by atoms with van der Waals surface area (Å²) in [5, 5.41) is 0. The van der Waals surface area contributed by atoms with Crippen LogP contribution in [0.5, 0.6) is 0 Å². The number of ketones is 1. The fourth-order valence-electron chi connectivity index (χ4n) is 7.85. The molecule has 4 aliphatic carbocycles. The van der Waals surface area contributed by atoms with E-state index in [9.17, 15) is 4.79 Å². The zero-order valence-electron chi connectivity index (χ0n) is 15.4. The zero-order chi connectivity index (χ0) is 16.4. The molecule has 4 rings (SSSR count). The average Bonchev–Trinajstić information content (AvgIpc) is 2.85. The molecular weight excluding hydrogens is 280 g/mol. The van der Waals surface area contributed by atoms with Crippen LogP contribution < -0.4 is 0 Å². The maximum atomic E-state index is 12.0. The summed E-state index contributed by atoms with van der Waals surface area (Å²) in [6.45, 7) is 11.7. The molecule has 0 amide bonds. The normalized spacial score (nSPS) is 52.5. The number of Topliss-reactive ketones (excluding diaryl/α,β-unsaturated/α-hetero) is 1. The minimum atomic E-state index is 0.458. The summed E-state index contributed by atoms with van der Waals surface area (Å²) < 4.78 is 0. The Bertz CT molecular complexity index is 534. The summed E-state index contributed by atoms with van der Waals surface area (Å²) >= 11 is 0. The molecule has 1 heteroatoms. The molecule has 0 aromatic rings. The number of carbonyl (C=O) groups is 1. The second-order valence-corrected chi connectivity index (χ2v) is 9.92. The van der Waals surface area contributed by atoms with Gasteiger partial charge in [0.2, 0.25) is 0 Å². The lowest BCUT2D eigenvalue weighted by molar-refractivity contribution is -0.139. The highest BCUT2D eigenvalue weighted by molar-refractivity contribution is 5.79. The van der Waals surface area contributed by atoms with E-state index in [1.165, 1.54) is 50.5 Å². The number of hydrogen-bond donors (Lipinski definition) is 0. The Hall–Kier alpha value is -0.590. The number of carbonyl (C=O) groups excluding carboxylic acids is 1. The van der Waals surface area contributed by atoms with E-state index in [0.717, 1.165) is 36.5 Å². The summed E-state index contributed by atoms with van der Waals surface area (Å²) in [6, 6.07) is 0. The third-order valence-corrected chi connectivity index (χ3v) is 9.08. The van der Waals surface area contributed by atoms with Crippen molar-refractivity contribution in [2.75, 3.05) is 0 Å². The van der Waals surface area contributed by atoms with Crippen molar-refractivity contribution in [2.24, 2.45) is 40.4 Å². The molecule has 4 aliphatic rings. The van der Waals surface area contributed by atoms with Gasteiger partial charge in [0.05, 0.1) is 0 Å². The van der Waals surface area contributed by atoms with E-state index < -0.39 is 0 Å². The quantitative estimate of drug-likeness (QED) is 0.560. The van der Waals surface area contributed by atoms with Crippen LogP contribution >= 0.6 is 0 Å². The van der Waals surface area contributed by atoms with E-state index in [1.807, 2.05) is 0 Å². The van der Waals surface area contributed by atoms with Crippen LogP contribution in [-0.2, 0) is 4.79 Å². The highest BCUT2D eigenvalue weighted by Gasteiger charge is 2.60. The first-order valence-corrected chi connectivity index (χ1v) is 10.0. The van der Waals surface area contributed by atoms with Crippen LogP contribution in [0.1, 0.15) is 78.6 Å². The van der Waals surface area contributed by atoms with Crippen molar-refractivity contribution in [2.45, 2.75) is 78.6 Å². The molecule has 0 aromatic heterocycles. The molecule has 0 saturated heterocycles.